The Morgan fingerprint density at radius 3 is 3.21 bits per heavy atom. The van der Waals surface area contributed by atoms with Gasteiger partial charge in [0.2, 0.25) is 5.13 Å². The number of nitrogens with one attached hydrogen (secondary N) is 1. The van der Waals surface area contributed by atoms with Gasteiger partial charge in [0, 0.05) is 37.7 Å². The first-order valence-electron chi connectivity index (χ1n) is 4.70. The highest BCUT2D eigenvalue weighted by atomic mass is 32.1. The summed E-state index contributed by atoms with van der Waals surface area (Å²) in [6.45, 7) is 4.95. The number of hydrogen-bond donors (Lipinski definition) is 2. The average Bonchev–Trinajstić information content (AvgIpc) is 2.45. The van der Waals surface area contributed by atoms with Crippen molar-refractivity contribution in [3.63, 3.8) is 0 Å². The summed E-state index contributed by atoms with van der Waals surface area (Å²) in [7, 11) is 0. The van der Waals surface area contributed by atoms with Gasteiger partial charge in [0.15, 0.2) is 0 Å². The van der Waals surface area contributed by atoms with Gasteiger partial charge >= 0.3 is 0 Å². The maximum Gasteiger partial charge on any atom is 0.205 e. The predicted octanol–water partition coefficient (Wildman–Crippen LogP) is -0.383. The molecule has 78 valence electrons. The summed E-state index contributed by atoms with van der Waals surface area (Å²) in [5.41, 5.74) is 0. The fourth-order valence-electron chi connectivity index (χ4n) is 1.48. The van der Waals surface area contributed by atoms with Gasteiger partial charge in [0.1, 0.15) is 5.82 Å². The number of rotatable bonds is 1. The van der Waals surface area contributed by atoms with Crippen LogP contribution in [0.1, 0.15) is 5.82 Å². The first kappa shape index (κ1) is 9.82. The molecule has 0 bridgehead atoms. The molecule has 0 saturated carbocycles. The first-order chi connectivity index (χ1) is 6.75. The Labute approximate surface area is 86.9 Å². The van der Waals surface area contributed by atoms with Gasteiger partial charge in [-0.1, -0.05) is 0 Å². The molecule has 2 heterocycles. The molecule has 1 aliphatic rings. The molecular formula is C8H14N4OS. The topological polar surface area (TPSA) is 61.3 Å². The molecule has 6 heteroatoms. The van der Waals surface area contributed by atoms with E-state index in [1.54, 1.807) is 0 Å². The van der Waals surface area contributed by atoms with Crippen LogP contribution in [0.5, 0.6) is 0 Å². The van der Waals surface area contributed by atoms with Crippen LogP contribution in [-0.4, -0.2) is 46.7 Å². The molecule has 1 fully saturated rings. The van der Waals surface area contributed by atoms with E-state index in [-0.39, 0.29) is 6.10 Å². The van der Waals surface area contributed by atoms with Gasteiger partial charge in [-0.3, -0.25) is 0 Å². The Balaban J connectivity index is 2.08. The molecule has 0 spiro atoms. The molecule has 2 rings (SSSR count). The third kappa shape index (κ3) is 2.20. The molecule has 1 unspecified atom stereocenters. The number of aryl methyl sites for hydroxylation is 1. The zero-order valence-corrected chi connectivity index (χ0v) is 8.92. The Morgan fingerprint density at radius 2 is 2.50 bits per heavy atom. The van der Waals surface area contributed by atoms with Crippen molar-refractivity contribution < 1.29 is 5.11 Å². The second-order valence-electron chi connectivity index (χ2n) is 3.43. The van der Waals surface area contributed by atoms with E-state index in [0.29, 0.717) is 13.1 Å². The zero-order chi connectivity index (χ0) is 9.97. The van der Waals surface area contributed by atoms with E-state index in [9.17, 15) is 5.11 Å². The molecule has 1 aromatic heterocycles. The number of aliphatic hydroxyl groups is 1. The summed E-state index contributed by atoms with van der Waals surface area (Å²) < 4.78 is 4.13. The van der Waals surface area contributed by atoms with Gasteiger partial charge in [-0.25, -0.2) is 4.98 Å². The lowest BCUT2D eigenvalue weighted by molar-refractivity contribution is 0.185. The third-order valence-corrected chi connectivity index (χ3v) is 3.03. The van der Waals surface area contributed by atoms with Crippen LogP contribution >= 0.6 is 11.5 Å². The summed E-state index contributed by atoms with van der Waals surface area (Å²) in [6, 6.07) is 0. The van der Waals surface area contributed by atoms with Crippen LogP contribution in [0.15, 0.2) is 0 Å². The molecule has 1 atom stereocenters. The van der Waals surface area contributed by atoms with Gasteiger partial charge in [0.05, 0.1) is 6.10 Å². The summed E-state index contributed by atoms with van der Waals surface area (Å²) in [6.07, 6.45) is -0.318. The molecule has 0 aliphatic carbocycles. The Hall–Kier alpha value is -0.720. The average molecular weight is 214 g/mol. The second-order valence-corrected chi connectivity index (χ2v) is 4.16. The number of β-amino-alcohol motifs (C(OH)–C–C–N with tert-alkyl or cyclic N) is 1. The first-order valence-corrected chi connectivity index (χ1v) is 5.47. The molecule has 2 N–H and O–H groups in total. The molecule has 1 saturated heterocycles. The standard InChI is InChI=1S/C8H14N4OS/c1-6-10-8(14-11-6)12-3-2-9-4-7(13)5-12/h7,9,13H,2-5H2,1H3. The minimum atomic E-state index is -0.318. The molecule has 14 heavy (non-hydrogen) atoms. The monoisotopic (exact) mass is 214 g/mol. The molecule has 5 nitrogen and oxygen atoms in total. The highest BCUT2D eigenvalue weighted by Crippen LogP contribution is 2.17. The number of hydrogen-bond acceptors (Lipinski definition) is 6. The highest BCUT2D eigenvalue weighted by Gasteiger charge is 2.18. The van der Waals surface area contributed by atoms with E-state index in [0.717, 1.165) is 24.0 Å². The van der Waals surface area contributed by atoms with Gasteiger partial charge < -0.3 is 15.3 Å². The van der Waals surface area contributed by atoms with Crippen molar-refractivity contribution in [3.8, 4) is 0 Å². The summed E-state index contributed by atoms with van der Waals surface area (Å²) in [4.78, 5) is 6.38. The minimum absolute atomic E-state index is 0.318. The number of aliphatic hydroxyl groups excluding tert-OH is 1. The van der Waals surface area contributed by atoms with Crippen molar-refractivity contribution in [1.29, 1.82) is 0 Å². The highest BCUT2D eigenvalue weighted by molar-refractivity contribution is 7.09. The largest absolute Gasteiger partial charge is 0.390 e. The van der Waals surface area contributed by atoms with Crippen LogP contribution < -0.4 is 10.2 Å². The van der Waals surface area contributed by atoms with Crippen LogP contribution in [0.4, 0.5) is 5.13 Å². The number of anilines is 1. The second kappa shape index (κ2) is 4.20. The molecule has 0 aromatic carbocycles. The van der Waals surface area contributed by atoms with E-state index < -0.39 is 0 Å². The molecule has 1 aromatic rings. The van der Waals surface area contributed by atoms with Crippen molar-refractivity contribution in [2.45, 2.75) is 13.0 Å². The number of aromatic nitrogens is 2. The summed E-state index contributed by atoms with van der Waals surface area (Å²) in [5, 5.41) is 13.7. The lowest BCUT2D eigenvalue weighted by atomic mass is 10.3. The van der Waals surface area contributed by atoms with Crippen molar-refractivity contribution >= 4 is 16.7 Å². The maximum absolute atomic E-state index is 9.58. The third-order valence-electron chi connectivity index (χ3n) is 2.16. The lowest BCUT2D eigenvalue weighted by Gasteiger charge is -2.19. The van der Waals surface area contributed by atoms with Gasteiger partial charge in [-0.15, -0.1) is 0 Å². The Kier molecular flexibility index (Phi) is 2.95. The van der Waals surface area contributed by atoms with E-state index >= 15 is 0 Å². The smallest absolute Gasteiger partial charge is 0.205 e. The van der Waals surface area contributed by atoms with Crippen LogP contribution in [-0.2, 0) is 0 Å². The summed E-state index contributed by atoms with van der Waals surface area (Å²) >= 11 is 1.39. The van der Waals surface area contributed by atoms with Crippen LogP contribution in [0.3, 0.4) is 0 Å². The molecule has 1 aliphatic heterocycles. The fraction of sp³-hybridized carbons (Fsp3) is 0.750. The van der Waals surface area contributed by atoms with Crippen LogP contribution in [0.2, 0.25) is 0 Å². The fourth-order valence-corrected chi connectivity index (χ4v) is 2.19. The lowest BCUT2D eigenvalue weighted by Crippen LogP contribution is -2.32. The maximum atomic E-state index is 9.58. The Morgan fingerprint density at radius 1 is 1.64 bits per heavy atom. The number of nitrogens with zero attached hydrogens (tertiary/aromatic N) is 3. The normalized spacial score (nSPS) is 23.6. The predicted molar refractivity (Wildman–Crippen MR) is 55.7 cm³/mol. The van der Waals surface area contributed by atoms with Crippen LogP contribution in [0, 0.1) is 6.92 Å². The van der Waals surface area contributed by atoms with E-state index in [1.807, 2.05) is 6.92 Å². The van der Waals surface area contributed by atoms with E-state index in [2.05, 4.69) is 19.6 Å². The van der Waals surface area contributed by atoms with Crippen LogP contribution in [0.25, 0.3) is 0 Å². The minimum Gasteiger partial charge on any atom is -0.390 e. The molecule has 0 amide bonds. The van der Waals surface area contributed by atoms with Crippen molar-refractivity contribution in [2.24, 2.45) is 0 Å². The quantitative estimate of drug-likeness (QED) is 0.667. The zero-order valence-electron chi connectivity index (χ0n) is 8.10. The van der Waals surface area contributed by atoms with Gasteiger partial charge in [-0.2, -0.15) is 4.37 Å². The van der Waals surface area contributed by atoms with Crippen molar-refractivity contribution in [1.82, 2.24) is 14.7 Å². The van der Waals surface area contributed by atoms with Crippen molar-refractivity contribution in [3.05, 3.63) is 5.82 Å². The van der Waals surface area contributed by atoms with Gasteiger partial charge in [-0.05, 0) is 6.92 Å². The molecular weight excluding hydrogens is 200 g/mol. The van der Waals surface area contributed by atoms with Gasteiger partial charge in [0.25, 0.3) is 0 Å². The SMILES string of the molecule is Cc1nsc(N2CCNCC(O)C2)n1. The van der Waals surface area contributed by atoms with E-state index in [1.165, 1.54) is 11.5 Å². The molecule has 0 radical (unpaired) electrons. The van der Waals surface area contributed by atoms with Crippen molar-refractivity contribution in [2.75, 3.05) is 31.1 Å². The Bertz CT molecular complexity index is 303. The van der Waals surface area contributed by atoms with E-state index in [4.69, 9.17) is 0 Å². The summed E-state index contributed by atoms with van der Waals surface area (Å²) in [5.74, 6) is 0.802.